The van der Waals surface area contributed by atoms with E-state index in [4.69, 9.17) is 0 Å². The molecule has 23 heavy (non-hydrogen) atoms. The van der Waals surface area contributed by atoms with Crippen LogP contribution in [0, 0.1) is 5.82 Å². The second kappa shape index (κ2) is 6.74. The second-order valence-corrected chi connectivity index (χ2v) is 4.94. The number of carbonyl (C=O) groups excluding carboxylic acids is 1. The first-order valence-electron chi connectivity index (χ1n) is 7.10. The molecular formula is C17H15FN4O. The number of halogens is 1. The molecule has 0 unspecified atom stereocenters. The first-order valence-corrected chi connectivity index (χ1v) is 7.10. The molecule has 5 nitrogen and oxygen atoms in total. The van der Waals surface area contributed by atoms with E-state index in [2.05, 4.69) is 20.8 Å². The van der Waals surface area contributed by atoms with Crippen molar-refractivity contribution in [2.75, 3.05) is 11.9 Å². The van der Waals surface area contributed by atoms with Gasteiger partial charge in [0.25, 0.3) is 5.91 Å². The normalized spacial score (nSPS) is 11.0. The molecule has 0 saturated heterocycles. The van der Waals surface area contributed by atoms with Crippen molar-refractivity contribution in [3.8, 4) is 0 Å². The highest BCUT2D eigenvalue weighted by Gasteiger charge is 2.01. The number of rotatable bonds is 5. The molecule has 3 rings (SSSR count). The molecule has 1 aromatic heterocycles. The molecule has 0 fully saturated rings. The molecule has 0 bridgehead atoms. The fourth-order valence-corrected chi connectivity index (χ4v) is 2.16. The molecule has 0 spiro atoms. The van der Waals surface area contributed by atoms with Gasteiger partial charge in [-0.2, -0.15) is 5.10 Å². The maximum Gasteiger partial charge on any atom is 0.259 e. The van der Waals surface area contributed by atoms with Gasteiger partial charge in [0, 0.05) is 28.4 Å². The van der Waals surface area contributed by atoms with E-state index in [1.807, 2.05) is 30.5 Å². The van der Waals surface area contributed by atoms with E-state index in [9.17, 15) is 9.18 Å². The Hall–Kier alpha value is -3.15. The van der Waals surface area contributed by atoms with Crippen LogP contribution in [0.1, 0.15) is 5.56 Å². The zero-order valence-corrected chi connectivity index (χ0v) is 12.2. The molecule has 0 saturated carbocycles. The highest BCUT2D eigenvalue weighted by atomic mass is 19.1. The van der Waals surface area contributed by atoms with Gasteiger partial charge < -0.3 is 10.3 Å². The molecule has 3 aromatic rings. The van der Waals surface area contributed by atoms with E-state index in [0.29, 0.717) is 5.69 Å². The zero-order valence-electron chi connectivity index (χ0n) is 12.2. The number of benzene rings is 2. The maximum atomic E-state index is 12.8. The molecule has 0 aliphatic rings. The minimum absolute atomic E-state index is 0.0524. The number of nitrogens with zero attached hydrogens (tertiary/aromatic N) is 1. The molecule has 1 heterocycles. The Kier molecular flexibility index (Phi) is 4.33. The minimum Gasteiger partial charge on any atom is -0.376 e. The van der Waals surface area contributed by atoms with Crippen molar-refractivity contribution >= 4 is 28.7 Å². The number of aromatic amines is 1. The van der Waals surface area contributed by atoms with E-state index in [1.54, 1.807) is 18.3 Å². The van der Waals surface area contributed by atoms with Gasteiger partial charge in [0.05, 0.1) is 12.8 Å². The number of H-pyrrole nitrogens is 1. The Balaban J connectivity index is 1.53. The first kappa shape index (κ1) is 14.8. The standard InChI is InChI=1S/C17H15FN4O/c18-13-5-7-14(8-6-13)19-11-17(23)22-21-10-12-9-20-16-4-2-1-3-15(12)16/h1-10,19-20H,11H2,(H,22,23). The van der Waals surface area contributed by atoms with Crippen LogP contribution in [-0.2, 0) is 4.79 Å². The van der Waals surface area contributed by atoms with Crippen molar-refractivity contribution in [3.63, 3.8) is 0 Å². The molecule has 2 aromatic carbocycles. The summed E-state index contributed by atoms with van der Waals surface area (Å²) in [6.45, 7) is 0.0524. The number of amides is 1. The second-order valence-electron chi connectivity index (χ2n) is 4.94. The average Bonchev–Trinajstić information content (AvgIpc) is 2.98. The van der Waals surface area contributed by atoms with E-state index in [-0.39, 0.29) is 18.3 Å². The van der Waals surface area contributed by atoms with Crippen molar-refractivity contribution in [1.29, 1.82) is 0 Å². The zero-order chi connectivity index (χ0) is 16.1. The van der Waals surface area contributed by atoms with Crippen LogP contribution < -0.4 is 10.7 Å². The summed E-state index contributed by atoms with van der Waals surface area (Å²) in [7, 11) is 0. The van der Waals surface area contributed by atoms with Crippen molar-refractivity contribution in [2.24, 2.45) is 5.10 Å². The Morgan fingerprint density at radius 2 is 1.96 bits per heavy atom. The van der Waals surface area contributed by atoms with Gasteiger partial charge in [0.2, 0.25) is 0 Å². The highest BCUT2D eigenvalue weighted by Crippen LogP contribution is 2.15. The highest BCUT2D eigenvalue weighted by molar-refractivity contribution is 5.99. The number of fused-ring (bicyclic) bond motifs is 1. The SMILES string of the molecule is O=C(CNc1ccc(F)cc1)NN=Cc1c[nH]c2ccccc12. The lowest BCUT2D eigenvalue weighted by Crippen LogP contribution is -2.25. The largest absolute Gasteiger partial charge is 0.376 e. The predicted molar refractivity (Wildman–Crippen MR) is 88.9 cm³/mol. The number of hydrazone groups is 1. The Morgan fingerprint density at radius 3 is 2.78 bits per heavy atom. The van der Waals surface area contributed by atoms with Crippen LogP contribution in [0.5, 0.6) is 0 Å². The summed E-state index contributed by atoms with van der Waals surface area (Å²) in [6, 6.07) is 13.6. The van der Waals surface area contributed by atoms with Gasteiger partial charge in [0.1, 0.15) is 5.82 Å². The number of anilines is 1. The lowest BCUT2D eigenvalue weighted by Gasteiger charge is -2.04. The fourth-order valence-electron chi connectivity index (χ4n) is 2.16. The van der Waals surface area contributed by atoms with Crippen molar-refractivity contribution in [2.45, 2.75) is 0 Å². The summed E-state index contributed by atoms with van der Waals surface area (Å²) >= 11 is 0. The van der Waals surface area contributed by atoms with Gasteiger partial charge in [-0.25, -0.2) is 9.82 Å². The van der Waals surface area contributed by atoms with Crippen LogP contribution in [0.15, 0.2) is 59.8 Å². The minimum atomic E-state index is -0.316. The van der Waals surface area contributed by atoms with Crippen LogP contribution >= 0.6 is 0 Å². The van der Waals surface area contributed by atoms with Gasteiger partial charge in [-0.15, -0.1) is 0 Å². The first-order chi connectivity index (χ1) is 11.2. The van der Waals surface area contributed by atoms with Crippen molar-refractivity contribution < 1.29 is 9.18 Å². The third kappa shape index (κ3) is 3.74. The van der Waals surface area contributed by atoms with Crippen LogP contribution in [0.4, 0.5) is 10.1 Å². The Bertz CT molecular complexity index is 839. The van der Waals surface area contributed by atoms with Crippen LogP contribution in [0.2, 0.25) is 0 Å². The van der Waals surface area contributed by atoms with Crippen molar-refractivity contribution in [3.05, 3.63) is 66.1 Å². The molecule has 1 amide bonds. The average molecular weight is 310 g/mol. The quantitative estimate of drug-likeness (QED) is 0.501. The summed E-state index contributed by atoms with van der Waals surface area (Å²) in [6.07, 6.45) is 3.42. The fraction of sp³-hybridized carbons (Fsp3) is 0.0588. The predicted octanol–water partition coefficient (Wildman–Crippen LogP) is 2.87. The number of para-hydroxylation sites is 1. The van der Waals surface area contributed by atoms with Gasteiger partial charge in [-0.05, 0) is 30.3 Å². The van der Waals surface area contributed by atoms with Gasteiger partial charge in [-0.1, -0.05) is 18.2 Å². The molecule has 6 heteroatoms. The van der Waals surface area contributed by atoms with E-state index < -0.39 is 0 Å². The number of aromatic nitrogens is 1. The Morgan fingerprint density at radius 1 is 1.17 bits per heavy atom. The Labute approximate surface area is 132 Å². The summed E-state index contributed by atoms with van der Waals surface area (Å²) in [4.78, 5) is 14.8. The van der Waals surface area contributed by atoms with Crippen LogP contribution in [0.3, 0.4) is 0 Å². The number of carbonyl (C=O) groups is 1. The summed E-state index contributed by atoms with van der Waals surface area (Å²) in [5.41, 5.74) is 5.02. The monoisotopic (exact) mass is 310 g/mol. The molecule has 0 radical (unpaired) electrons. The number of nitrogens with one attached hydrogen (secondary N) is 3. The maximum absolute atomic E-state index is 12.8. The molecule has 0 aliphatic carbocycles. The summed E-state index contributed by atoms with van der Waals surface area (Å²) < 4.78 is 12.8. The molecule has 116 valence electrons. The van der Waals surface area contributed by atoms with E-state index >= 15 is 0 Å². The number of hydrogen-bond donors (Lipinski definition) is 3. The molecule has 3 N–H and O–H groups in total. The molecule has 0 aliphatic heterocycles. The lowest BCUT2D eigenvalue weighted by atomic mass is 10.2. The summed E-state index contributed by atoms with van der Waals surface area (Å²) in [5.74, 6) is -0.603. The third-order valence-electron chi connectivity index (χ3n) is 3.31. The van der Waals surface area contributed by atoms with Crippen LogP contribution in [0.25, 0.3) is 10.9 Å². The van der Waals surface area contributed by atoms with Crippen molar-refractivity contribution in [1.82, 2.24) is 10.4 Å². The summed E-state index contributed by atoms with van der Waals surface area (Å²) in [5, 5.41) is 7.87. The molecular weight excluding hydrogens is 295 g/mol. The van der Waals surface area contributed by atoms with Gasteiger partial charge in [-0.3, -0.25) is 4.79 Å². The number of hydrogen-bond acceptors (Lipinski definition) is 3. The third-order valence-corrected chi connectivity index (χ3v) is 3.31. The van der Waals surface area contributed by atoms with E-state index in [1.165, 1.54) is 12.1 Å². The molecule has 0 atom stereocenters. The topological polar surface area (TPSA) is 69.3 Å². The van der Waals surface area contributed by atoms with Crippen LogP contribution in [-0.4, -0.2) is 23.7 Å². The van der Waals surface area contributed by atoms with Gasteiger partial charge in [0.15, 0.2) is 0 Å². The van der Waals surface area contributed by atoms with E-state index in [0.717, 1.165) is 16.5 Å². The smallest absolute Gasteiger partial charge is 0.259 e. The van der Waals surface area contributed by atoms with Gasteiger partial charge >= 0.3 is 0 Å². The lowest BCUT2D eigenvalue weighted by molar-refractivity contribution is -0.119.